The van der Waals surface area contributed by atoms with Gasteiger partial charge in [0.05, 0.1) is 23.5 Å². The first-order valence-corrected chi connectivity index (χ1v) is 8.77. The summed E-state index contributed by atoms with van der Waals surface area (Å²) in [7, 11) is 0. The second kappa shape index (κ2) is 7.84. The van der Waals surface area contributed by atoms with Crippen molar-refractivity contribution in [3.8, 4) is 0 Å². The van der Waals surface area contributed by atoms with Crippen LogP contribution in [0.15, 0.2) is 22.4 Å². The van der Waals surface area contributed by atoms with Crippen LogP contribution in [0.1, 0.15) is 34.3 Å². The van der Waals surface area contributed by atoms with Crippen molar-refractivity contribution >= 4 is 17.6 Å². The molecule has 2 heterocycles. The Morgan fingerprint density at radius 1 is 1.29 bits per heavy atom. The molecule has 0 aromatic heterocycles. The Kier molecular flexibility index (Phi) is 5.66. The van der Waals surface area contributed by atoms with Gasteiger partial charge in [0.2, 0.25) is 0 Å². The largest absolute Gasteiger partial charge is 0.478 e. The zero-order valence-corrected chi connectivity index (χ0v) is 15.1. The van der Waals surface area contributed by atoms with Crippen molar-refractivity contribution in [1.82, 2.24) is 10.2 Å². The molecule has 2 atom stereocenters. The number of aromatic carboxylic acids is 1. The number of nitrogens with one attached hydrogen (secondary N) is 2. The van der Waals surface area contributed by atoms with Crippen LogP contribution in [0.4, 0.5) is 18.9 Å². The van der Waals surface area contributed by atoms with E-state index in [9.17, 15) is 27.9 Å². The molecule has 2 aliphatic heterocycles. The lowest BCUT2D eigenvalue weighted by molar-refractivity contribution is -0.138. The van der Waals surface area contributed by atoms with Gasteiger partial charge < -0.3 is 15.7 Å². The summed E-state index contributed by atoms with van der Waals surface area (Å²) < 4.78 is 39.4. The first-order valence-electron chi connectivity index (χ1n) is 8.77. The Bertz CT molecular complexity index is 806. The average Bonchev–Trinajstić information content (AvgIpc) is 3.16. The number of alkyl halides is 3. The highest BCUT2D eigenvalue weighted by Crippen LogP contribution is 2.35. The van der Waals surface area contributed by atoms with E-state index in [1.165, 1.54) is 6.92 Å². The molecule has 11 heteroatoms. The predicted octanol–water partition coefficient (Wildman–Crippen LogP) is 2.45. The summed E-state index contributed by atoms with van der Waals surface area (Å²) in [5.41, 5.74) is -2.05. The second-order valence-corrected chi connectivity index (χ2v) is 6.78. The van der Waals surface area contributed by atoms with Crippen molar-refractivity contribution in [2.24, 2.45) is 10.2 Å². The summed E-state index contributed by atoms with van der Waals surface area (Å²) in [6.45, 7) is 3.53. The highest BCUT2D eigenvalue weighted by atomic mass is 19.4. The van der Waals surface area contributed by atoms with Crippen LogP contribution in [-0.2, 0) is 11.0 Å². The van der Waals surface area contributed by atoms with Crippen molar-refractivity contribution < 1.29 is 27.9 Å². The minimum atomic E-state index is -4.66. The van der Waals surface area contributed by atoms with Gasteiger partial charge in [-0.1, -0.05) is 0 Å². The van der Waals surface area contributed by atoms with Gasteiger partial charge in [-0.3, -0.25) is 9.69 Å². The number of carboxylic acid groups (broad SMARTS) is 1. The lowest BCUT2D eigenvalue weighted by Crippen LogP contribution is -2.38. The molecule has 3 N–H and O–H groups in total. The second-order valence-electron chi connectivity index (χ2n) is 6.78. The molecule has 0 spiro atoms. The van der Waals surface area contributed by atoms with Crippen molar-refractivity contribution in [3.05, 3.63) is 28.8 Å². The molecule has 8 nitrogen and oxygen atoms in total. The zero-order chi connectivity index (χ0) is 20.5. The van der Waals surface area contributed by atoms with Crippen LogP contribution < -0.4 is 10.6 Å². The summed E-state index contributed by atoms with van der Waals surface area (Å²) in [6, 6.07) is 0.679. The van der Waals surface area contributed by atoms with Gasteiger partial charge in [0, 0.05) is 13.1 Å². The fourth-order valence-corrected chi connectivity index (χ4v) is 3.31. The smallest absolute Gasteiger partial charge is 0.416 e. The number of hydrogen-bond donors (Lipinski definition) is 3. The van der Waals surface area contributed by atoms with E-state index in [0.717, 1.165) is 19.2 Å². The summed E-state index contributed by atoms with van der Waals surface area (Å²) in [5.74, 6) is -2.11. The molecule has 0 saturated carbocycles. The highest BCUT2D eigenvalue weighted by Gasteiger charge is 2.35. The van der Waals surface area contributed by atoms with Gasteiger partial charge in [-0.25, -0.2) is 4.79 Å². The third-order valence-corrected chi connectivity index (χ3v) is 4.81. The zero-order valence-electron chi connectivity index (χ0n) is 15.1. The SMILES string of the molecule is Cc1cc(C(=O)O)c(NC(=O)C2CCC(N3CCNC3)N=N2)cc1C(F)(F)F. The lowest BCUT2D eigenvalue weighted by Gasteiger charge is -2.27. The monoisotopic (exact) mass is 399 g/mol. The van der Waals surface area contributed by atoms with Crippen LogP contribution in [0.5, 0.6) is 0 Å². The number of rotatable bonds is 4. The van der Waals surface area contributed by atoms with Crippen LogP contribution in [0.2, 0.25) is 0 Å². The summed E-state index contributed by atoms with van der Waals surface area (Å²) in [4.78, 5) is 25.9. The molecule has 0 radical (unpaired) electrons. The Morgan fingerprint density at radius 2 is 2.04 bits per heavy atom. The quantitative estimate of drug-likeness (QED) is 0.721. The van der Waals surface area contributed by atoms with Crippen molar-refractivity contribution in [1.29, 1.82) is 0 Å². The van der Waals surface area contributed by atoms with E-state index >= 15 is 0 Å². The molecule has 1 amide bonds. The van der Waals surface area contributed by atoms with Gasteiger partial charge in [0.25, 0.3) is 5.91 Å². The molecule has 1 saturated heterocycles. The molecular formula is C17H20F3N5O3. The predicted molar refractivity (Wildman–Crippen MR) is 93.0 cm³/mol. The maximum atomic E-state index is 13.1. The van der Waals surface area contributed by atoms with Gasteiger partial charge in [0.15, 0.2) is 0 Å². The minimum absolute atomic E-state index is 0.134. The minimum Gasteiger partial charge on any atom is -0.478 e. The van der Waals surface area contributed by atoms with Gasteiger partial charge in [0.1, 0.15) is 12.2 Å². The molecule has 152 valence electrons. The van der Waals surface area contributed by atoms with E-state index in [1.807, 2.05) is 0 Å². The number of carbonyl (C=O) groups is 2. The Labute approximate surface area is 158 Å². The van der Waals surface area contributed by atoms with E-state index in [1.54, 1.807) is 0 Å². The summed E-state index contributed by atoms with van der Waals surface area (Å²) in [5, 5.41) is 22.9. The summed E-state index contributed by atoms with van der Waals surface area (Å²) in [6.07, 6.45) is -3.85. The number of benzene rings is 1. The molecule has 0 aliphatic carbocycles. The lowest BCUT2D eigenvalue weighted by atomic mass is 10.0. The number of amides is 1. The maximum absolute atomic E-state index is 13.1. The van der Waals surface area contributed by atoms with E-state index in [2.05, 4.69) is 25.8 Å². The Balaban J connectivity index is 1.78. The standard InChI is InChI=1S/C17H20F3N5O3/c1-9-6-10(16(27)28)13(7-11(9)17(18,19)20)22-15(26)12-2-3-14(24-23-12)25-5-4-21-8-25/h6-7,12,14,21H,2-5,8H2,1H3,(H,22,26)(H,27,28). The topological polar surface area (TPSA) is 106 Å². The average molecular weight is 399 g/mol. The van der Waals surface area contributed by atoms with Gasteiger partial charge in [-0.15, -0.1) is 0 Å². The van der Waals surface area contributed by atoms with E-state index in [-0.39, 0.29) is 11.7 Å². The number of azo groups is 1. The van der Waals surface area contributed by atoms with Crippen LogP contribution in [0.3, 0.4) is 0 Å². The number of carboxylic acids is 1. The number of nitrogens with zero attached hydrogens (tertiary/aromatic N) is 3. The highest BCUT2D eigenvalue weighted by molar-refractivity contribution is 6.02. The summed E-state index contributed by atoms with van der Waals surface area (Å²) >= 11 is 0. The normalized spacial score (nSPS) is 23.0. The first-order chi connectivity index (χ1) is 13.2. The van der Waals surface area contributed by atoms with Crippen molar-refractivity contribution in [2.75, 3.05) is 25.1 Å². The number of hydrogen-bond acceptors (Lipinski definition) is 6. The molecule has 0 bridgehead atoms. The van der Waals surface area contributed by atoms with Crippen LogP contribution in [-0.4, -0.2) is 53.8 Å². The molecule has 28 heavy (non-hydrogen) atoms. The van der Waals surface area contributed by atoms with E-state index in [4.69, 9.17) is 0 Å². The number of anilines is 1. The molecule has 2 unspecified atom stereocenters. The van der Waals surface area contributed by atoms with E-state index < -0.39 is 40.9 Å². The van der Waals surface area contributed by atoms with Gasteiger partial charge >= 0.3 is 12.1 Å². The molecule has 3 rings (SSSR count). The molecule has 1 aromatic rings. The van der Waals surface area contributed by atoms with E-state index in [0.29, 0.717) is 25.6 Å². The Morgan fingerprint density at radius 3 is 2.57 bits per heavy atom. The third-order valence-electron chi connectivity index (χ3n) is 4.81. The van der Waals surface area contributed by atoms with Gasteiger partial charge in [-0.05, 0) is 37.5 Å². The fourth-order valence-electron chi connectivity index (χ4n) is 3.31. The molecule has 2 aliphatic rings. The molecule has 1 aromatic carbocycles. The van der Waals surface area contributed by atoms with Crippen LogP contribution >= 0.6 is 0 Å². The van der Waals surface area contributed by atoms with Crippen molar-refractivity contribution in [3.63, 3.8) is 0 Å². The number of aryl methyl sites for hydroxylation is 1. The Hall–Kier alpha value is -2.53. The van der Waals surface area contributed by atoms with Crippen LogP contribution in [0.25, 0.3) is 0 Å². The first kappa shape index (κ1) is 20.2. The third kappa shape index (κ3) is 4.30. The molecular weight excluding hydrogens is 379 g/mol. The fraction of sp³-hybridized carbons (Fsp3) is 0.529. The number of carbonyl (C=O) groups excluding carboxylic acids is 1. The molecule has 1 fully saturated rings. The maximum Gasteiger partial charge on any atom is 0.416 e. The van der Waals surface area contributed by atoms with Crippen LogP contribution in [0, 0.1) is 6.92 Å². The van der Waals surface area contributed by atoms with Gasteiger partial charge in [-0.2, -0.15) is 23.4 Å². The number of halogens is 3. The van der Waals surface area contributed by atoms with Crippen molar-refractivity contribution in [2.45, 2.75) is 38.1 Å².